The van der Waals surface area contributed by atoms with Gasteiger partial charge in [-0.05, 0) is 42.7 Å². The average molecular weight is 357 g/mol. The standard InChI is InChI=1S/C21H24FNO3/c1-25-18-11-9-16(10-12-18)17-6-4-5-13-23(14-17)21(24)15-26-20-8-3-2-7-19(20)22/h2-3,7-12,17H,4-6,13-15H2,1H3. The van der Waals surface area contributed by atoms with E-state index in [2.05, 4.69) is 12.1 Å². The molecule has 138 valence electrons. The van der Waals surface area contributed by atoms with Crippen LogP contribution in [-0.4, -0.2) is 37.6 Å². The van der Waals surface area contributed by atoms with Gasteiger partial charge in [-0.3, -0.25) is 4.79 Å². The van der Waals surface area contributed by atoms with E-state index >= 15 is 0 Å². The van der Waals surface area contributed by atoms with Crippen LogP contribution in [0.3, 0.4) is 0 Å². The molecule has 1 amide bonds. The van der Waals surface area contributed by atoms with Crippen molar-refractivity contribution >= 4 is 5.91 Å². The number of hydrogen-bond donors (Lipinski definition) is 0. The second-order valence-corrected chi connectivity index (χ2v) is 6.52. The van der Waals surface area contributed by atoms with Crippen LogP contribution in [0, 0.1) is 5.82 Å². The Hall–Kier alpha value is -2.56. The van der Waals surface area contributed by atoms with Crippen molar-refractivity contribution in [1.29, 1.82) is 0 Å². The summed E-state index contributed by atoms with van der Waals surface area (Å²) in [6.45, 7) is 1.23. The lowest BCUT2D eigenvalue weighted by Gasteiger charge is -2.25. The molecular formula is C21H24FNO3. The summed E-state index contributed by atoms with van der Waals surface area (Å²) in [4.78, 5) is 14.4. The van der Waals surface area contributed by atoms with Crippen molar-refractivity contribution in [1.82, 2.24) is 4.90 Å². The molecular weight excluding hydrogens is 333 g/mol. The third kappa shape index (κ3) is 4.54. The van der Waals surface area contributed by atoms with Gasteiger partial charge in [0.05, 0.1) is 7.11 Å². The minimum absolute atomic E-state index is 0.103. The van der Waals surface area contributed by atoms with Gasteiger partial charge in [0.15, 0.2) is 18.2 Å². The first-order chi connectivity index (χ1) is 12.7. The summed E-state index contributed by atoms with van der Waals surface area (Å²) >= 11 is 0. The van der Waals surface area contributed by atoms with Crippen LogP contribution in [0.4, 0.5) is 4.39 Å². The second-order valence-electron chi connectivity index (χ2n) is 6.52. The predicted octanol–water partition coefficient (Wildman–Crippen LogP) is 4.01. The van der Waals surface area contributed by atoms with E-state index in [0.29, 0.717) is 19.0 Å². The maximum Gasteiger partial charge on any atom is 0.260 e. The minimum atomic E-state index is -0.452. The van der Waals surface area contributed by atoms with Gasteiger partial charge < -0.3 is 14.4 Å². The van der Waals surface area contributed by atoms with Crippen LogP contribution in [0.2, 0.25) is 0 Å². The van der Waals surface area contributed by atoms with Crippen LogP contribution in [0.5, 0.6) is 11.5 Å². The van der Waals surface area contributed by atoms with Gasteiger partial charge in [0.2, 0.25) is 0 Å². The number of likely N-dealkylation sites (tertiary alicyclic amines) is 1. The fourth-order valence-electron chi connectivity index (χ4n) is 3.31. The Kier molecular flexibility index (Phi) is 6.10. The first-order valence-corrected chi connectivity index (χ1v) is 8.96. The molecule has 0 spiro atoms. The molecule has 0 aliphatic carbocycles. The highest BCUT2D eigenvalue weighted by atomic mass is 19.1. The van der Waals surface area contributed by atoms with Gasteiger partial charge in [0, 0.05) is 19.0 Å². The molecule has 2 aromatic carbocycles. The molecule has 5 heteroatoms. The summed E-state index contributed by atoms with van der Waals surface area (Å²) < 4.78 is 24.2. The van der Waals surface area contributed by atoms with Crippen molar-refractivity contribution in [3.8, 4) is 11.5 Å². The smallest absolute Gasteiger partial charge is 0.260 e. The molecule has 1 saturated heterocycles. The zero-order valence-corrected chi connectivity index (χ0v) is 15.0. The Bertz CT molecular complexity index is 732. The predicted molar refractivity (Wildman–Crippen MR) is 98.1 cm³/mol. The maximum absolute atomic E-state index is 13.6. The Morgan fingerprint density at radius 3 is 2.65 bits per heavy atom. The molecule has 2 aromatic rings. The molecule has 1 atom stereocenters. The monoisotopic (exact) mass is 357 g/mol. The number of halogens is 1. The van der Waals surface area contributed by atoms with Crippen molar-refractivity contribution in [2.45, 2.75) is 25.2 Å². The number of carbonyl (C=O) groups is 1. The average Bonchev–Trinajstić information content (AvgIpc) is 2.93. The van der Waals surface area contributed by atoms with Crippen LogP contribution < -0.4 is 9.47 Å². The van der Waals surface area contributed by atoms with Gasteiger partial charge in [-0.15, -0.1) is 0 Å². The Morgan fingerprint density at radius 2 is 1.92 bits per heavy atom. The molecule has 3 rings (SSSR count). The van der Waals surface area contributed by atoms with E-state index in [1.807, 2.05) is 17.0 Å². The van der Waals surface area contributed by atoms with Crippen LogP contribution in [0.15, 0.2) is 48.5 Å². The molecule has 0 bridgehead atoms. The molecule has 1 aliphatic heterocycles. The second kappa shape index (κ2) is 8.70. The van der Waals surface area contributed by atoms with Crippen LogP contribution in [0.1, 0.15) is 30.7 Å². The fourth-order valence-corrected chi connectivity index (χ4v) is 3.31. The van der Waals surface area contributed by atoms with E-state index in [0.717, 1.165) is 25.0 Å². The largest absolute Gasteiger partial charge is 0.497 e. The molecule has 1 unspecified atom stereocenters. The van der Waals surface area contributed by atoms with Gasteiger partial charge in [0.25, 0.3) is 5.91 Å². The lowest BCUT2D eigenvalue weighted by Crippen LogP contribution is -2.37. The quantitative estimate of drug-likeness (QED) is 0.812. The van der Waals surface area contributed by atoms with Crippen molar-refractivity contribution in [2.75, 3.05) is 26.8 Å². The molecule has 1 aliphatic rings. The Balaban J connectivity index is 1.62. The topological polar surface area (TPSA) is 38.8 Å². The van der Waals surface area contributed by atoms with Crippen molar-refractivity contribution in [2.24, 2.45) is 0 Å². The van der Waals surface area contributed by atoms with Gasteiger partial charge >= 0.3 is 0 Å². The molecule has 0 radical (unpaired) electrons. The van der Waals surface area contributed by atoms with Crippen LogP contribution in [0.25, 0.3) is 0 Å². The summed E-state index contributed by atoms with van der Waals surface area (Å²) in [6, 6.07) is 14.2. The number of methoxy groups -OCH3 is 1. The number of para-hydroxylation sites is 1. The summed E-state index contributed by atoms with van der Waals surface area (Å²) in [5.74, 6) is 0.678. The lowest BCUT2D eigenvalue weighted by molar-refractivity contribution is -0.133. The summed E-state index contributed by atoms with van der Waals surface area (Å²) in [5, 5.41) is 0. The van der Waals surface area contributed by atoms with E-state index in [1.165, 1.54) is 17.7 Å². The number of benzene rings is 2. The summed E-state index contributed by atoms with van der Waals surface area (Å²) in [6.07, 6.45) is 3.09. The minimum Gasteiger partial charge on any atom is -0.497 e. The van der Waals surface area contributed by atoms with Gasteiger partial charge in [-0.25, -0.2) is 4.39 Å². The van der Waals surface area contributed by atoms with Crippen LogP contribution in [-0.2, 0) is 4.79 Å². The molecule has 0 N–H and O–H groups in total. The number of amides is 1. The molecule has 26 heavy (non-hydrogen) atoms. The van der Waals surface area contributed by atoms with E-state index < -0.39 is 5.82 Å². The lowest BCUT2D eigenvalue weighted by atomic mass is 9.94. The number of rotatable bonds is 5. The summed E-state index contributed by atoms with van der Waals surface area (Å²) in [7, 11) is 1.65. The number of ether oxygens (including phenoxy) is 2. The summed E-state index contributed by atoms with van der Waals surface area (Å²) in [5.41, 5.74) is 1.21. The fraction of sp³-hybridized carbons (Fsp3) is 0.381. The highest BCUT2D eigenvalue weighted by molar-refractivity contribution is 5.78. The third-order valence-corrected chi connectivity index (χ3v) is 4.80. The van der Waals surface area contributed by atoms with Crippen molar-refractivity contribution < 1.29 is 18.7 Å². The molecule has 1 fully saturated rings. The number of nitrogens with zero attached hydrogens (tertiary/aromatic N) is 1. The first-order valence-electron chi connectivity index (χ1n) is 8.96. The van der Waals surface area contributed by atoms with Gasteiger partial charge in [-0.1, -0.05) is 30.7 Å². The van der Waals surface area contributed by atoms with Crippen molar-refractivity contribution in [3.63, 3.8) is 0 Å². The van der Waals surface area contributed by atoms with E-state index in [4.69, 9.17) is 9.47 Å². The van der Waals surface area contributed by atoms with E-state index in [-0.39, 0.29) is 18.3 Å². The Morgan fingerprint density at radius 1 is 1.15 bits per heavy atom. The highest BCUT2D eigenvalue weighted by Gasteiger charge is 2.23. The maximum atomic E-state index is 13.6. The van der Waals surface area contributed by atoms with Gasteiger partial charge in [0.1, 0.15) is 5.75 Å². The zero-order chi connectivity index (χ0) is 18.4. The zero-order valence-electron chi connectivity index (χ0n) is 15.0. The SMILES string of the molecule is COc1ccc(C2CCCCN(C(=O)COc3ccccc3F)C2)cc1. The van der Waals surface area contributed by atoms with Crippen LogP contribution >= 0.6 is 0 Å². The van der Waals surface area contributed by atoms with Crippen molar-refractivity contribution in [3.05, 3.63) is 59.9 Å². The third-order valence-electron chi connectivity index (χ3n) is 4.80. The first kappa shape index (κ1) is 18.2. The number of hydrogen-bond acceptors (Lipinski definition) is 3. The highest BCUT2D eigenvalue weighted by Crippen LogP contribution is 2.28. The molecule has 0 saturated carbocycles. The molecule has 0 aromatic heterocycles. The Labute approximate surface area is 153 Å². The van der Waals surface area contributed by atoms with E-state index in [1.54, 1.807) is 19.2 Å². The normalized spacial score (nSPS) is 17.5. The van der Waals surface area contributed by atoms with E-state index in [9.17, 15) is 9.18 Å². The van der Waals surface area contributed by atoms with Gasteiger partial charge in [-0.2, -0.15) is 0 Å². The molecule has 1 heterocycles. The number of carbonyl (C=O) groups excluding carboxylic acids is 1. The molecule has 4 nitrogen and oxygen atoms in total.